The molecule has 1 aromatic rings. The lowest BCUT2D eigenvalue weighted by atomic mass is 10.2. The molecule has 0 aromatic carbocycles. The highest BCUT2D eigenvalue weighted by Crippen LogP contribution is 2.03. The monoisotopic (exact) mass is 225 g/mol. The molecule has 0 aliphatic heterocycles. The van der Waals surface area contributed by atoms with E-state index in [4.69, 9.17) is 18.0 Å². The van der Waals surface area contributed by atoms with Crippen molar-refractivity contribution in [1.29, 1.82) is 0 Å². The number of aryl methyl sites for hydroxylation is 2. The zero-order valence-electron chi connectivity index (χ0n) is 9.15. The van der Waals surface area contributed by atoms with Crippen LogP contribution in [0.4, 0.5) is 0 Å². The number of rotatable bonds is 3. The van der Waals surface area contributed by atoms with Gasteiger partial charge in [0.05, 0.1) is 4.99 Å². The van der Waals surface area contributed by atoms with Crippen LogP contribution in [0.3, 0.4) is 0 Å². The van der Waals surface area contributed by atoms with Crippen LogP contribution in [0.25, 0.3) is 0 Å². The Labute approximate surface area is 94.1 Å². The molecular formula is C10H15N3OS. The minimum atomic E-state index is -0.240. The third kappa shape index (κ3) is 2.86. The van der Waals surface area contributed by atoms with E-state index in [1.807, 2.05) is 19.9 Å². The lowest BCUT2D eigenvalue weighted by Gasteiger charge is -2.14. The summed E-state index contributed by atoms with van der Waals surface area (Å²) in [5.41, 5.74) is 6.89. The van der Waals surface area contributed by atoms with Crippen LogP contribution in [0.5, 0.6) is 0 Å². The fraction of sp³-hybridized carbons (Fsp3) is 0.500. The van der Waals surface area contributed by atoms with Crippen molar-refractivity contribution in [2.75, 3.05) is 0 Å². The Morgan fingerprint density at radius 2 is 2.27 bits per heavy atom. The number of hydrogen-bond donors (Lipinski definition) is 1. The molecule has 2 N–H and O–H groups in total. The van der Waals surface area contributed by atoms with Crippen molar-refractivity contribution in [2.24, 2.45) is 11.7 Å². The molecule has 1 aromatic heterocycles. The van der Waals surface area contributed by atoms with Gasteiger partial charge in [-0.1, -0.05) is 19.1 Å². The van der Waals surface area contributed by atoms with Gasteiger partial charge < -0.3 is 5.73 Å². The maximum atomic E-state index is 11.6. The first-order valence-corrected chi connectivity index (χ1v) is 5.17. The largest absolute Gasteiger partial charge is 0.393 e. The summed E-state index contributed by atoms with van der Waals surface area (Å²) < 4.78 is 1.59. The molecule has 0 fully saturated rings. The summed E-state index contributed by atoms with van der Waals surface area (Å²) in [6, 6.07) is 1.87. The van der Waals surface area contributed by atoms with Gasteiger partial charge in [-0.25, -0.2) is 4.79 Å². The Balaban J connectivity index is 3.05. The van der Waals surface area contributed by atoms with Crippen LogP contribution in [0.1, 0.15) is 18.3 Å². The Kier molecular flexibility index (Phi) is 3.57. The normalized spacial score (nSPS) is 12.5. The van der Waals surface area contributed by atoms with E-state index >= 15 is 0 Å². The zero-order valence-corrected chi connectivity index (χ0v) is 9.97. The van der Waals surface area contributed by atoms with Gasteiger partial charge in [0.2, 0.25) is 0 Å². The highest BCUT2D eigenvalue weighted by atomic mass is 32.1. The first-order chi connectivity index (χ1) is 6.91. The molecule has 1 rings (SSSR count). The molecule has 1 unspecified atom stereocenters. The minimum absolute atomic E-state index is 0.000839. The first-order valence-electron chi connectivity index (χ1n) is 4.76. The maximum absolute atomic E-state index is 11.6. The van der Waals surface area contributed by atoms with Crippen LogP contribution < -0.4 is 11.4 Å². The first kappa shape index (κ1) is 11.8. The van der Waals surface area contributed by atoms with E-state index in [9.17, 15) is 4.79 Å². The lowest BCUT2D eigenvalue weighted by Crippen LogP contribution is -2.31. The quantitative estimate of drug-likeness (QED) is 0.772. The molecular weight excluding hydrogens is 210 g/mol. The smallest absolute Gasteiger partial charge is 0.347 e. The second-order valence-corrected chi connectivity index (χ2v) is 4.21. The molecule has 1 atom stereocenters. The summed E-state index contributed by atoms with van der Waals surface area (Å²) in [6.07, 6.45) is 0. The minimum Gasteiger partial charge on any atom is -0.393 e. The SMILES string of the molecule is Cc1cc(C)n(CC(C)C(N)=S)c(=O)n1. The van der Waals surface area contributed by atoms with Crippen LogP contribution >= 0.6 is 12.2 Å². The van der Waals surface area contributed by atoms with Crippen LogP contribution in [0.15, 0.2) is 10.9 Å². The van der Waals surface area contributed by atoms with E-state index in [0.29, 0.717) is 11.5 Å². The van der Waals surface area contributed by atoms with Gasteiger partial charge >= 0.3 is 5.69 Å². The number of hydrogen-bond acceptors (Lipinski definition) is 3. The van der Waals surface area contributed by atoms with Crippen molar-refractivity contribution in [3.05, 3.63) is 27.9 Å². The number of thiocarbonyl (C=S) groups is 1. The molecule has 0 spiro atoms. The van der Waals surface area contributed by atoms with Crippen molar-refractivity contribution in [3.63, 3.8) is 0 Å². The van der Waals surface area contributed by atoms with Gasteiger partial charge in [0.15, 0.2) is 0 Å². The summed E-state index contributed by atoms with van der Waals surface area (Å²) >= 11 is 4.87. The van der Waals surface area contributed by atoms with Crippen molar-refractivity contribution < 1.29 is 0 Å². The van der Waals surface area contributed by atoms with E-state index in [-0.39, 0.29) is 11.6 Å². The Morgan fingerprint density at radius 3 is 2.73 bits per heavy atom. The average Bonchev–Trinajstić information content (AvgIpc) is 2.10. The fourth-order valence-corrected chi connectivity index (χ4v) is 1.44. The average molecular weight is 225 g/mol. The standard InChI is InChI=1S/C10H15N3OS/c1-6(9(11)15)5-13-8(3)4-7(2)12-10(13)14/h4,6H,5H2,1-3H3,(H2,11,15). The lowest BCUT2D eigenvalue weighted by molar-refractivity contribution is 0.554. The summed E-state index contributed by atoms with van der Waals surface area (Å²) in [7, 11) is 0. The Hall–Kier alpha value is -1.23. The third-order valence-corrected chi connectivity index (χ3v) is 2.69. The zero-order chi connectivity index (χ0) is 11.6. The topological polar surface area (TPSA) is 60.9 Å². The molecule has 15 heavy (non-hydrogen) atoms. The van der Waals surface area contributed by atoms with E-state index < -0.39 is 0 Å². The molecule has 0 saturated heterocycles. The van der Waals surface area contributed by atoms with Gasteiger partial charge in [-0.15, -0.1) is 0 Å². The summed E-state index contributed by atoms with van der Waals surface area (Å²) in [5.74, 6) is 0.000839. The van der Waals surface area contributed by atoms with Crippen molar-refractivity contribution in [1.82, 2.24) is 9.55 Å². The predicted molar refractivity (Wildman–Crippen MR) is 63.9 cm³/mol. The van der Waals surface area contributed by atoms with Gasteiger partial charge in [0, 0.05) is 23.9 Å². The third-order valence-electron chi connectivity index (χ3n) is 2.29. The molecule has 5 heteroatoms. The molecule has 1 heterocycles. The highest BCUT2D eigenvalue weighted by Gasteiger charge is 2.09. The second-order valence-electron chi connectivity index (χ2n) is 3.74. The highest BCUT2D eigenvalue weighted by molar-refractivity contribution is 7.80. The van der Waals surface area contributed by atoms with Crippen molar-refractivity contribution in [3.8, 4) is 0 Å². The molecule has 0 saturated carbocycles. The Morgan fingerprint density at radius 1 is 1.67 bits per heavy atom. The van der Waals surface area contributed by atoms with E-state index in [1.54, 1.807) is 11.5 Å². The molecule has 0 aliphatic rings. The Bertz CT molecular complexity index is 439. The summed E-state index contributed by atoms with van der Waals surface area (Å²) in [6.45, 7) is 6.07. The summed E-state index contributed by atoms with van der Waals surface area (Å²) in [4.78, 5) is 15.9. The molecule has 4 nitrogen and oxygen atoms in total. The molecule has 82 valence electrons. The van der Waals surface area contributed by atoms with Crippen molar-refractivity contribution in [2.45, 2.75) is 27.3 Å². The molecule has 0 bridgehead atoms. The van der Waals surface area contributed by atoms with Crippen molar-refractivity contribution >= 4 is 17.2 Å². The molecule has 0 amide bonds. The number of aromatic nitrogens is 2. The van der Waals surface area contributed by atoms with Gasteiger partial charge in [-0.05, 0) is 19.9 Å². The number of nitrogens with zero attached hydrogens (tertiary/aromatic N) is 2. The van der Waals surface area contributed by atoms with Crippen LogP contribution in [0, 0.1) is 19.8 Å². The number of nitrogens with two attached hydrogens (primary N) is 1. The van der Waals surface area contributed by atoms with Gasteiger partial charge in [-0.3, -0.25) is 4.57 Å². The van der Waals surface area contributed by atoms with Crippen LogP contribution in [-0.2, 0) is 6.54 Å². The predicted octanol–water partition coefficient (Wildman–Crippen LogP) is 0.782. The molecule has 0 aliphatic carbocycles. The van der Waals surface area contributed by atoms with Crippen LogP contribution in [-0.4, -0.2) is 14.5 Å². The van der Waals surface area contributed by atoms with E-state index in [2.05, 4.69) is 4.98 Å². The molecule has 0 radical (unpaired) electrons. The van der Waals surface area contributed by atoms with E-state index in [1.165, 1.54) is 0 Å². The second kappa shape index (κ2) is 4.53. The van der Waals surface area contributed by atoms with Gasteiger partial charge in [0.25, 0.3) is 0 Å². The van der Waals surface area contributed by atoms with E-state index in [0.717, 1.165) is 11.4 Å². The van der Waals surface area contributed by atoms with Gasteiger partial charge in [-0.2, -0.15) is 4.98 Å². The summed E-state index contributed by atoms with van der Waals surface area (Å²) in [5, 5.41) is 0. The van der Waals surface area contributed by atoms with Crippen LogP contribution in [0.2, 0.25) is 0 Å². The van der Waals surface area contributed by atoms with Gasteiger partial charge in [0.1, 0.15) is 0 Å². The fourth-order valence-electron chi connectivity index (χ4n) is 1.36. The maximum Gasteiger partial charge on any atom is 0.347 e.